The van der Waals surface area contributed by atoms with Gasteiger partial charge in [-0.25, -0.2) is 0 Å². The SMILES string of the molecule is CC1CCc2ccccc2N1S(=O)(=O)c1[nH]ncc1CO. The van der Waals surface area contributed by atoms with E-state index >= 15 is 0 Å². The molecule has 1 aliphatic heterocycles. The van der Waals surface area contributed by atoms with E-state index in [0.717, 1.165) is 18.4 Å². The smallest absolute Gasteiger partial charge is 0.281 e. The Morgan fingerprint density at radius 1 is 1.43 bits per heavy atom. The minimum atomic E-state index is -3.77. The number of hydrogen-bond acceptors (Lipinski definition) is 4. The molecule has 0 radical (unpaired) electrons. The molecule has 2 heterocycles. The number of hydrogen-bond donors (Lipinski definition) is 2. The lowest BCUT2D eigenvalue weighted by Gasteiger charge is -2.35. The molecular formula is C14H17N3O3S. The van der Waals surface area contributed by atoms with Gasteiger partial charge in [0.25, 0.3) is 10.0 Å². The first-order valence-electron chi connectivity index (χ1n) is 6.81. The van der Waals surface area contributed by atoms with Crippen molar-refractivity contribution in [2.45, 2.75) is 37.4 Å². The van der Waals surface area contributed by atoms with Gasteiger partial charge in [0.2, 0.25) is 0 Å². The summed E-state index contributed by atoms with van der Waals surface area (Å²) >= 11 is 0. The number of sulfonamides is 1. The van der Waals surface area contributed by atoms with Gasteiger partial charge in [-0.2, -0.15) is 13.5 Å². The summed E-state index contributed by atoms with van der Waals surface area (Å²) < 4.78 is 27.3. The second-order valence-corrected chi connectivity index (χ2v) is 6.95. The van der Waals surface area contributed by atoms with Gasteiger partial charge in [0.1, 0.15) is 0 Å². The number of rotatable bonds is 3. The van der Waals surface area contributed by atoms with E-state index in [4.69, 9.17) is 0 Å². The van der Waals surface area contributed by atoms with Crippen molar-refractivity contribution in [3.8, 4) is 0 Å². The normalized spacial score (nSPS) is 18.6. The first kappa shape index (κ1) is 14.1. The number of aryl methyl sites for hydroxylation is 1. The summed E-state index contributed by atoms with van der Waals surface area (Å²) in [6.45, 7) is 1.53. The Hall–Kier alpha value is -1.86. The van der Waals surface area contributed by atoms with Gasteiger partial charge in [0.15, 0.2) is 5.03 Å². The molecule has 1 atom stereocenters. The molecule has 2 aromatic rings. The molecule has 1 aromatic heterocycles. The van der Waals surface area contributed by atoms with Crippen LogP contribution in [0.1, 0.15) is 24.5 Å². The van der Waals surface area contributed by atoms with Gasteiger partial charge in [0, 0.05) is 11.6 Å². The maximum Gasteiger partial charge on any atom is 0.281 e. The zero-order valence-corrected chi connectivity index (χ0v) is 12.5. The first-order valence-corrected chi connectivity index (χ1v) is 8.25. The number of benzene rings is 1. The van der Waals surface area contributed by atoms with Crippen LogP contribution in [0.15, 0.2) is 35.5 Å². The molecule has 0 spiro atoms. The van der Waals surface area contributed by atoms with E-state index < -0.39 is 10.0 Å². The average molecular weight is 307 g/mol. The zero-order valence-electron chi connectivity index (χ0n) is 11.7. The summed E-state index contributed by atoms with van der Waals surface area (Å²) in [6, 6.07) is 7.37. The maximum atomic E-state index is 12.9. The van der Waals surface area contributed by atoms with Crippen molar-refractivity contribution in [2.75, 3.05) is 4.31 Å². The Morgan fingerprint density at radius 3 is 2.95 bits per heavy atom. The summed E-state index contributed by atoms with van der Waals surface area (Å²) in [7, 11) is -3.77. The molecule has 0 aliphatic carbocycles. The number of para-hydroxylation sites is 1. The minimum absolute atomic E-state index is 0.0337. The zero-order chi connectivity index (χ0) is 15.0. The van der Waals surface area contributed by atoms with Crippen molar-refractivity contribution in [3.63, 3.8) is 0 Å². The third-order valence-corrected chi connectivity index (χ3v) is 5.77. The van der Waals surface area contributed by atoms with Crippen LogP contribution in [0, 0.1) is 0 Å². The molecule has 0 fully saturated rings. The monoisotopic (exact) mass is 307 g/mol. The van der Waals surface area contributed by atoms with Gasteiger partial charge >= 0.3 is 0 Å². The molecule has 112 valence electrons. The Morgan fingerprint density at radius 2 is 2.19 bits per heavy atom. The van der Waals surface area contributed by atoms with E-state index in [9.17, 15) is 13.5 Å². The van der Waals surface area contributed by atoms with Crippen molar-refractivity contribution in [1.82, 2.24) is 10.2 Å². The lowest BCUT2D eigenvalue weighted by Crippen LogP contribution is -2.42. The van der Waals surface area contributed by atoms with Crippen LogP contribution in [0.5, 0.6) is 0 Å². The molecule has 1 aliphatic rings. The third kappa shape index (κ3) is 2.22. The Kier molecular flexibility index (Phi) is 3.46. The van der Waals surface area contributed by atoms with Crippen LogP contribution >= 0.6 is 0 Å². The molecule has 0 bridgehead atoms. The largest absolute Gasteiger partial charge is 0.392 e. The van der Waals surface area contributed by atoms with Crippen LogP contribution in [-0.4, -0.2) is 29.8 Å². The Labute approximate surface area is 123 Å². The standard InChI is InChI=1S/C14H17N3O3S/c1-10-6-7-11-4-2-3-5-13(11)17(10)21(19,20)14-12(9-18)8-15-16-14/h2-5,8,10,18H,6-7,9H2,1H3,(H,15,16). The third-order valence-electron chi connectivity index (χ3n) is 3.83. The van der Waals surface area contributed by atoms with Gasteiger partial charge in [-0.3, -0.25) is 9.40 Å². The average Bonchev–Trinajstić information content (AvgIpc) is 2.96. The van der Waals surface area contributed by atoms with E-state index in [0.29, 0.717) is 5.69 Å². The number of nitrogens with zero attached hydrogens (tertiary/aromatic N) is 2. The van der Waals surface area contributed by atoms with E-state index in [1.165, 1.54) is 10.5 Å². The number of aliphatic hydroxyl groups is 1. The molecule has 2 N–H and O–H groups in total. The fourth-order valence-corrected chi connectivity index (χ4v) is 4.59. The molecule has 21 heavy (non-hydrogen) atoms. The van der Waals surface area contributed by atoms with Crippen molar-refractivity contribution in [3.05, 3.63) is 41.6 Å². The number of nitrogens with one attached hydrogen (secondary N) is 1. The number of fused-ring (bicyclic) bond motifs is 1. The molecule has 0 amide bonds. The van der Waals surface area contributed by atoms with E-state index in [1.54, 1.807) is 0 Å². The quantitative estimate of drug-likeness (QED) is 0.898. The van der Waals surface area contributed by atoms with Crippen molar-refractivity contribution in [2.24, 2.45) is 0 Å². The highest BCUT2D eigenvalue weighted by atomic mass is 32.2. The van der Waals surface area contributed by atoms with Gasteiger partial charge in [0.05, 0.1) is 18.5 Å². The second kappa shape index (κ2) is 5.16. The fraction of sp³-hybridized carbons (Fsp3) is 0.357. The van der Waals surface area contributed by atoms with Gasteiger partial charge in [-0.1, -0.05) is 18.2 Å². The van der Waals surface area contributed by atoms with Crippen molar-refractivity contribution >= 4 is 15.7 Å². The summed E-state index contributed by atoms with van der Waals surface area (Å²) in [6.07, 6.45) is 2.96. The van der Waals surface area contributed by atoms with Crippen molar-refractivity contribution < 1.29 is 13.5 Å². The Balaban J connectivity index is 2.15. The minimum Gasteiger partial charge on any atom is -0.392 e. The lowest BCUT2D eigenvalue weighted by molar-refractivity contribution is 0.278. The van der Waals surface area contributed by atoms with E-state index in [1.807, 2.05) is 31.2 Å². The molecule has 0 saturated heterocycles. The molecule has 1 unspecified atom stereocenters. The molecule has 6 nitrogen and oxygen atoms in total. The molecular weight excluding hydrogens is 290 g/mol. The van der Waals surface area contributed by atoms with Crippen molar-refractivity contribution in [1.29, 1.82) is 0 Å². The van der Waals surface area contributed by atoms with Crippen LogP contribution in [0.4, 0.5) is 5.69 Å². The van der Waals surface area contributed by atoms with Gasteiger partial charge in [-0.05, 0) is 31.4 Å². The number of anilines is 1. The topological polar surface area (TPSA) is 86.3 Å². The molecule has 7 heteroatoms. The predicted octanol–water partition coefficient (Wildman–Crippen LogP) is 1.43. The maximum absolute atomic E-state index is 12.9. The van der Waals surface area contributed by atoms with Crippen LogP contribution in [-0.2, 0) is 23.1 Å². The fourth-order valence-electron chi connectivity index (χ4n) is 2.76. The van der Waals surface area contributed by atoms with Crippen LogP contribution < -0.4 is 4.31 Å². The second-order valence-electron chi connectivity index (χ2n) is 5.20. The van der Waals surface area contributed by atoms with E-state index in [-0.39, 0.29) is 23.2 Å². The van der Waals surface area contributed by atoms with Crippen LogP contribution in [0.25, 0.3) is 0 Å². The summed E-state index contributed by atoms with van der Waals surface area (Å²) in [5, 5.41) is 15.5. The summed E-state index contributed by atoms with van der Waals surface area (Å²) in [5.41, 5.74) is 2.00. The highest BCUT2D eigenvalue weighted by Gasteiger charge is 2.35. The lowest BCUT2D eigenvalue weighted by atomic mass is 9.99. The highest BCUT2D eigenvalue weighted by Crippen LogP contribution is 2.35. The predicted molar refractivity (Wildman–Crippen MR) is 78.4 cm³/mol. The van der Waals surface area contributed by atoms with E-state index in [2.05, 4.69) is 10.2 Å². The molecule has 1 aromatic carbocycles. The molecule has 3 rings (SSSR count). The Bertz CT molecular complexity index is 754. The van der Waals surface area contributed by atoms with Gasteiger partial charge < -0.3 is 5.11 Å². The number of aromatic nitrogens is 2. The van der Waals surface area contributed by atoms with Crippen LogP contribution in [0.2, 0.25) is 0 Å². The van der Waals surface area contributed by atoms with Gasteiger partial charge in [-0.15, -0.1) is 0 Å². The van der Waals surface area contributed by atoms with Crippen LogP contribution in [0.3, 0.4) is 0 Å². The number of aromatic amines is 1. The summed E-state index contributed by atoms with van der Waals surface area (Å²) in [5.74, 6) is 0. The highest BCUT2D eigenvalue weighted by molar-refractivity contribution is 7.92. The molecule has 0 saturated carbocycles. The summed E-state index contributed by atoms with van der Waals surface area (Å²) in [4.78, 5) is 0. The number of H-pyrrole nitrogens is 1. The number of aliphatic hydroxyl groups excluding tert-OH is 1. The first-order chi connectivity index (χ1) is 10.1.